The summed E-state index contributed by atoms with van der Waals surface area (Å²) in [6, 6.07) is 36.6. The van der Waals surface area contributed by atoms with Crippen LogP contribution in [0.3, 0.4) is 0 Å². The van der Waals surface area contributed by atoms with E-state index >= 15 is 0 Å². The highest BCUT2D eigenvalue weighted by Gasteiger charge is 2.43. The summed E-state index contributed by atoms with van der Waals surface area (Å²) in [5, 5.41) is 6.54. The molecule has 0 atom stereocenters. The molecule has 1 aliphatic rings. The van der Waals surface area contributed by atoms with Crippen LogP contribution in [-0.4, -0.2) is 16.1 Å². The molecule has 0 unspecified atom stereocenters. The molecule has 194 valence electrons. The number of fused-ring (bicyclic) bond motifs is 2. The first-order valence-electron chi connectivity index (χ1n) is 14.0. The lowest BCUT2D eigenvalue weighted by atomic mass is 9.95. The summed E-state index contributed by atoms with van der Waals surface area (Å²) in [5.41, 5.74) is 10.3. The highest BCUT2D eigenvalue weighted by atomic mass is 28.3. The second-order valence-electron chi connectivity index (χ2n) is 12.3. The molecule has 2 heterocycles. The molecule has 0 spiro atoms. The number of hydrogen-bond acceptors (Lipinski definition) is 0. The normalized spacial score (nSPS) is 14.9. The van der Waals surface area contributed by atoms with Crippen LogP contribution < -0.4 is 25.3 Å². The first-order chi connectivity index (χ1) is 18.6. The van der Waals surface area contributed by atoms with Gasteiger partial charge in [0.15, 0.2) is 6.20 Å². The average Bonchev–Trinajstić information content (AvgIpc) is 2.94. The third-order valence-corrected chi connectivity index (χ3v) is 16.7. The number of pyridine rings is 1. The summed E-state index contributed by atoms with van der Waals surface area (Å²) in [5.74, 6) is 0. The molecule has 1 aliphatic heterocycles. The van der Waals surface area contributed by atoms with Crippen molar-refractivity contribution in [2.24, 2.45) is 7.05 Å². The molecular formula is C36H38NSi2+. The van der Waals surface area contributed by atoms with Gasteiger partial charge >= 0.3 is 0 Å². The number of aryl methyl sites for hydroxylation is 3. The zero-order chi connectivity index (χ0) is 27.5. The molecule has 0 saturated heterocycles. The summed E-state index contributed by atoms with van der Waals surface area (Å²) in [6.07, 6.45) is 2.34. The quantitative estimate of drug-likeness (QED) is 0.193. The molecule has 0 N–H and O–H groups in total. The third-order valence-electron chi connectivity index (χ3n) is 9.05. The fraction of sp³-hybridized carbons (Fsp3) is 0.194. The first-order valence-corrected chi connectivity index (χ1v) is 20.0. The molecule has 1 nitrogen and oxygen atoms in total. The predicted octanol–water partition coefficient (Wildman–Crippen LogP) is 6.09. The monoisotopic (exact) mass is 540 g/mol. The Morgan fingerprint density at radius 1 is 0.487 bits per heavy atom. The predicted molar refractivity (Wildman–Crippen MR) is 173 cm³/mol. The van der Waals surface area contributed by atoms with E-state index in [0.29, 0.717) is 0 Å². The molecule has 6 rings (SSSR count). The highest BCUT2D eigenvalue weighted by molar-refractivity contribution is 7.16. The third kappa shape index (κ3) is 4.16. The van der Waals surface area contributed by atoms with Gasteiger partial charge < -0.3 is 0 Å². The van der Waals surface area contributed by atoms with E-state index in [0.717, 1.165) is 0 Å². The highest BCUT2D eigenvalue weighted by Crippen LogP contribution is 2.31. The van der Waals surface area contributed by atoms with E-state index in [-0.39, 0.29) is 0 Å². The average molecular weight is 541 g/mol. The van der Waals surface area contributed by atoms with E-state index in [1.165, 1.54) is 44.6 Å². The van der Waals surface area contributed by atoms with Crippen molar-refractivity contribution in [3.8, 4) is 33.5 Å². The second kappa shape index (κ2) is 9.29. The van der Waals surface area contributed by atoms with Gasteiger partial charge in [0.1, 0.15) is 23.2 Å². The molecule has 0 aliphatic carbocycles. The van der Waals surface area contributed by atoms with Crippen molar-refractivity contribution in [1.82, 2.24) is 0 Å². The minimum Gasteiger partial charge on any atom is -0.200 e. The largest absolute Gasteiger partial charge is 0.212 e. The summed E-state index contributed by atoms with van der Waals surface area (Å²) in [4.78, 5) is 0. The lowest BCUT2D eigenvalue weighted by molar-refractivity contribution is -0.660. The summed E-state index contributed by atoms with van der Waals surface area (Å²) < 4.78 is 2.31. The molecule has 0 bridgehead atoms. The van der Waals surface area contributed by atoms with Crippen LogP contribution in [0.25, 0.3) is 33.5 Å². The Hall–Kier alpha value is -3.54. The molecule has 1 aromatic heterocycles. The van der Waals surface area contributed by atoms with E-state index in [2.05, 4.69) is 155 Å². The number of nitrogens with zero attached hydrogens (tertiary/aromatic N) is 1. The van der Waals surface area contributed by atoms with Crippen LogP contribution >= 0.6 is 0 Å². The van der Waals surface area contributed by atoms with Gasteiger partial charge in [-0.05, 0) is 47.7 Å². The van der Waals surface area contributed by atoms with E-state index in [4.69, 9.17) is 0 Å². The van der Waals surface area contributed by atoms with Gasteiger partial charge in [0.2, 0.25) is 5.69 Å². The van der Waals surface area contributed by atoms with Gasteiger partial charge in [0, 0.05) is 17.2 Å². The van der Waals surface area contributed by atoms with Crippen LogP contribution in [0.5, 0.6) is 0 Å². The molecule has 39 heavy (non-hydrogen) atoms. The smallest absolute Gasteiger partial charge is 0.200 e. The molecule has 5 aromatic rings. The Morgan fingerprint density at radius 3 is 1.77 bits per heavy atom. The molecule has 0 amide bonds. The number of hydrogen-bond donors (Lipinski definition) is 0. The van der Waals surface area contributed by atoms with Crippen LogP contribution in [0.2, 0.25) is 26.2 Å². The Labute approximate surface area is 235 Å². The Bertz CT molecular complexity index is 1730. The zero-order valence-corrected chi connectivity index (χ0v) is 26.3. The van der Waals surface area contributed by atoms with Crippen molar-refractivity contribution in [3.05, 3.63) is 114 Å². The molecule has 0 saturated carbocycles. The molecule has 0 fully saturated rings. The zero-order valence-electron chi connectivity index (χ0n) is 24.3. The van der Waals surface area contributed by atoms with Crippen LogP contribution in [0.15, 0.2) is 103 Å². The lowest BCUT2D eigenvalue weighted by Crippen LogP contribution is -2.77. The van der Waals surface area contributed by atoms with Crippen LogP contribution in [0.1, 0.15) is 11.1 Å². The van der Waals surface area contributed by atoms with Gasteiger partial charge in [0.25, 0.3) is 0 Å². The lowest BCUT2D eigenvalue weighted by Gasteiger charge is -2.42. The maximum Gasteiger partial charge on any atom is 0.212 e. The van der Waals surface area contributed by atoms with Crippen molar-refractivity contribution < 1.29 is 4.57 Å². The van der Waals surface area contributed by atoms with E-state index in [1.54, 1.807) is 20.7 Å². The fourth-order valence-electron chi connectivity index (χ4n) is 6.66. The molecular weight excluding hydrogens is 503 g/mol. The van der Waals surface area contributed by atoms with Crippen molar-refractivity contribution >= 4 is 36.9 Å². The maximum absolute atomic E-state index is 2.55. The van der Waals surface area contributed by atoms with Gasteiger partial charge in [-0.15, -0.1) is 0 Å². The summed E-state index contributed by atoms with van der Waals surface area (Å²) in [6.45, 7) is 14.6. The van der Waals surface area contributed by atoms with Crippen LogP contribution in [0.4, 0.5) is 0 Å². The van der Waals surface area contributed by atoms with Crippen molar-refractivity contribution in [1.29, 1.82) is 0 Å². The first kappa shape index (κ1) is 25.7. The second-order valence-corrected chi connectivity index (χ2v) is 21.0. The van der Waals surface area contributed by atoms with E-state index < -0.39 is 16.1 Å². The number of rotatable bonds is 3. The van der Waals surface area contributed by atoms with E-state index in [1.807, 2.05) is 0 Å². The minimum atomic E-state index is -1.80. The Morgan fingerprint density at radius 2 is 1.08 bits per heavy atom. The SMILES string of the molecule is Cc1cc(-c2cc(-c3ccccc3)ccc2C)[n+](C)cc1-c1ccc2c(c1)[Si](C)(C)c1ccccc1[Si]2(C)C. The topological polar surface area (TPSA) is 3.88 Å². The maximum atomic E-state index is 2.55. The fourth-order valence-corrected chi connectivity index (χ4v) is 16.1. The van der Waals surface area contributed by atoms with Crippen molar-refractivity contribution in [3.63, 3.8) is 0 Å². The molecule has 3 heteroatoms. The number of aromatic nitrogens is 1. The van der Waals surface area contributed by atoms with Gasteiger partial charge in [0.05, 0.1) is 0 Å². The molecule has 0 radical (unpaired) electrons. The van der Waals surface area contributed by atoms with Gasteiger partial charge in [-0.1, -0.05) is 132 Å². The van der Waals surface area contributed by atoms with Gasteiger partial charge in [-0.2, -0.15) is 0 Å². The van der Waals surface area contributed by atoms with Gasteiger partial charge in [-0.3, -0.25) is 0 Å². The minimum absolute atomic E-state index is 1.25. The van der Waals surface area contributed by atoms with Crippen molar-refractivity contribution in [2.75, 3.05) is 0 Å². The standard InChI is InChI=1S/C36H38NSi2/c1-25-17-18-28(27-13-9-8-10-14-27)22-30(25)32-21-26(2)31(24-37(32)3)29-19-20-35-36(23-29)39(6,7)34-16-12-11-15-33(34)38(35,4)5/h8-24H,1-7H3/q+1. The van der Waals surface area contributed by atoms with Crippen LogP contribution in [-0.2, 0) is 7.05 Å². The van der Waals surface area contributed by atoms with Gasteiger partial charge in [-0.25, -0.2) is 4.57 Å². The summed E-state index contributed by atoms with van der Waals surface area (Å²) in [7, 11) is -1.34. The van der Waals surface area contributed by atoms with Crippen LogP contribution in [0, 0.1) is 13.8 Å². The summed E-state index contributed by atoms with van der Waals surface area (Å²) >= 11 is 0. The van der Waals surface area contributed by atoms with Crippen molar-refractivity contribution in [2.45, 2.75) is 40.0 Å². The van der Waals surface area contributed by atoms with E-state index in [9.17, 15) is 0 Å². The Kier molecular flexibility index (Phi) is 6.13. The molecule has 4 aromatic carbocycles. The number of benzene rings is 4. The Balaban J connectivity index is 1.46.